The van der Waals surface area contributed by atoms with Gasteiger partial charge in [-0.05, 0) is 66.4 Å². The summed E-state index contributed by atoms with van der Waals surface area (Å²) in [4.78, 5) is 0.0934. The number of hydrogen-bond donors (Lipinski definition) is 1. The molecule has 0 aliphatic carbocycles. The van der Waals surface area contributed by atoms with Crippen molar-refractivity contribution in [1.29, 1.82) is 0 Å². The Morgan fingerprint density at radius 2 is 1.79 bits per heavy atom. The first kappa shape index (κ1) is 18.5. The maximum absolute atomic E-state index is 14.0. The van der Waals surface area contributed by atoms with Gasteiger partial charge in [-0.3, -0.25) is 4.31 Å². The van der Waals surface area contributed by atoms with Crippen molar-refractivity contribution < 1.29 is 17.9 Å². The Morgan fingerprint density at radius 3 is 2.50 bits per heavy atom. The van der Waals surface area contributed by atoms with Crippen molar-refractivity contribution in [2.45, 2.75) is 31.2 Å². The lowest BCUT2D eigenvalue weighted by Gasteiger charge is -2.39. The van der Waals surface area contributed by atoms with E-state index in [9.17, 15) is 17.9 Å². The summed E-state index contributed by atoms with van der Waals surface area (Å²) in [5.74, 6) is -0.355. The summed E-state index contributed by atoms with van der Waals surface area (Å²) in [6.45, 7) is 3.54. The van der Waals surface area contributed by atoms with E-state index in [-0.39, 0.29) is 10.6 Å². The standard InChI is InChI=1S/C22H20FNO3S/c1-3-20-19-13-15(23)8-10-17(19)18-6-4-5-7-21(18)24(20)28(26,27)16-9-11-22(25)14(2)12-16/h4-13,20,25H,3H2,1-2H3. The van der Waals surface area contributed by atoms with Crippen molar-refractivity contribution in [3.05, 3.63) is 77.6 Å². The summed E-state index contributed by atoms with van der Waals surface area (Å²) in [6.07, 6.45) is 0.487. The second-order valence-electron chi connectivity index (χ2n) is 6.92. The first-order valence-electron chi connectivity index (χ1n) is 9.07. The molecule has 144 valence electrons. The number of para-hydroxylation sites is 1. The van der Waals surface area contributed by atoms with Gasteiger partial charge in [-0.2, -0.15) is 0 Å². The predicted octanol–water partition coefficient (Wildman–Crippen LogP) is 5.17. The first-order valence-corrected chi connectivity index (χ1v) is 10.5. The van der Waals surface area contributed by atoms with Crippen molar-refractivity contribution in [3.8, 4) is 16.9 Å². The van der Waals surface area contributed by atoms with Crippen LogP contribution < -0.4 is 4.31 Å². The molecular formula is C22H20FNO3S. The van der Waals surface area contributed by atoms with Crippen molar-refractivity contribution >= 4 is 15.7 Å². The highest BCUT2D eigenvalue weighted by Gasteiger charge is 2.38. The SMILES string of the molecule is CCC1c2cc(F)ccc2-c2ccccc2N1S(=O)(=O)c1ccc(O)c(C)c1. The Kier molecular flexibility index (Phi) is 4.38. The van der Waals surface area contributed by atoms with Gasteiger partial charge in [0.1, 0.15) is 11.6 Å². The number of phenols is 1. The second kappa shape index (κ2) is 6.63. The summed E-state index contributed by atoms with van der Waals surface area (Å²) in [5.41, 5.74) is 3.30. The van der Waals surface area contributed by atoms with Crippen LogP contribution in [0.25, 0.3) is 11.1 Å². The molecule has 28 heavy (non-hydrogen) atoms. The van der Waals surface area contributed by atoms with Gasteiger partial charge in [-0.15, -0.1) is 0 Å². The summed E-state index contributed by atoms with van der Waals surface area (Å²) in [7, 11) is -3.93. The maximum Gasteiger partial charge on any atom is 0.264 e. The number of anilines is 1. The maximum atomic E-state index is 14.0. The second-order valence-corrected chi connectivity index (χ2v) is 8.74. The normalized spacial score (nSPS) is 15.8. The van der Waals surface area contributed by atoms with Crippen molar-refractivity contribution in [3.63, 3.8) is 0 Å². The molecule has 0 saturated carbocycles. The van der Waals surface area contributed by atoms with Crippen LogP contribution in [-0.4, -0.2) is 13.5 Å². The number of fused-ring (bicyclic) bond motifs is 3. The molecule has 3 aromatic rings. The number of halogens is 1. The van der Waals surface area contributed by atoms with Gasteiger partial charge < -0.3 is 5.11 Å². The molecule has 0 aromatic heterocycles. The average Bonchev–Trinajstić information content (AvgIpc) is 2.68. The van der Waals surface area contributed by atoms with Crippen LogP contribution in [0.1, 0.15) is 30.5 Å². The topological polar surface area (TPSA) is 57.6 Å². The third-order valence-electron chi connectivity index (χ3n) is 5.20. The molecule has 0 amide bonds. The third kappa shape index (κ3) is 2.76. The molecule has 6 heteroatoms. The Hall–Kier alpha value is -2.86. The summed E-state index contributed by atoms with van der Waals surface area (Å²) >= 11 is 0. The van der Waals surface area contributed by atoms with Crippen LogP contribution in [-0.2, 0) is 10.0 Å². The molecule has 0 saturated heterocycles. The monoisotopic (exact) mass is 397 g/mol. The molecular weight excluding hydrogens is 377 g/mol. The fourth-order valence-corrected chi connectivity index (χ4v) is 5.64. The van der Waals surface area contributed by atoms with E-state index < -0.39 is 21.9 Å². The zero-order valence-corrected chi connectivity index (χ0v) is 16.4. The van der Waals surface area contributed by atoms with E-state index in [1.165, 1.54) is 34.6 Å². The average molecular weight is 397 g/mol. The summed E-state index contributed by atoms with van der Waals surface area (Å²) < 4.78 is 42.7. The number of hydrogen-bond acceptors (Lipinski definition) is 3. The van der Waals surface area contributed by atoms with Gasteiger partial charge in [0.2, 0.25) is 0 Å². The highest BCUT2D eigenvalue weighted by Crippen LogP contribution is 2.48. The van der Waals surface area contributed by atoms with Crippen LogP contribution >= 0.6 is 0 Å². The van der Waals surface area contributed by atoms with Gasteiger partial charge in [-0.1, -0.05) is 31.2 Å². The molecule has 1 aliphatic rings. The van der Waals surface area contributed by atoms with E-state index in [2.05, 4.69) is 0 Å². The van der Waals surface area contributed by atoms with E-state index in [0.29, 0.717) is 23.2 Å². The molecule has 4 rings (SSSR count). The lowest BCUT2D eigenvalue weighted by atomic mass is 9.88. The predicted molar refractivity (Wildman–Crippen MR) is 107 cm³/mol. The van der Waals surface area contributed by atoms with Crippen LogP contribution in [0.4, 0.5) is 10.1 Å². The van der Waals surface area contributed by atoms with Crippen LogP contribution in [0.15, 0.2) is 65.6 Å². The number of rotatable bonds is 3. The molecule has 3 aromatic carbocycles. The van der Waals surface area contributed by atoms with Crippen molar-refractivity contribution in [1.82, 2.24) is 0 Å². The number of phenolic OH excluding ortho intramolecular Hbond substituents is 1. The van der Waals surface area contributed by atoms with E-state index in [4.69, 9.17) is 0 Å². The Bertz CT molecular complexity index is 1170. The molecule has 1 heterocycles. The van der Waals surface area contributed by atoms with Gasteiger partial charge in [0, 0.05) is 5.56 Å². The minimum Gasteiger partial charge on any atom is -0.508 e. The van der Waals surface area contributed by atoms with Crippen molar-refractivity contribution in [2.24, 2.45) is 0 Å². The van der Waals surface area contributed by atoms with Crippen molar-refractivity contribution in [2.75, 3.05) is 4.31 Å². The number of nitrogens with zero attached hydrogens (tertiary/aromatic N) is 1. The fourth-order valence-electron chi connectivity index (χ4n) is 3.83. The van der Waals surface area contributed by atoms with Crippen LogP contribution in [0.5, 0.6) is 5.75 Å². The van der Waals surface area contributed by atoms with Gasteiger partial charge in [0.15, 0.2) is 0 Å². The lowest BCUT2D eigenvalue weighted by molar-refractivity contribution is 0.470. The molecule has 1 unspecified atom stereocenters. The Balaban J connectivity index is 1.99. The minimum absolute atomic E-state index is 0.0393. The van der Waals surface area contributed by atoms with E-state index in [0.717, 1.165) is 11.1 Å². The van der Waals surface area contributed by atoms with E-state index >= 15 is 0 Å². The van der Waals surface area contributed by atoms with Crippen LogP contribution in [0.2, 0.25) is 0 Å². The number of aromatic hydroxyl groups is 1. The summed E-state index contributed by atoms with van der Waals surface area (Å²) in [6, 6.07) is 15.5. The Morgan fingerprint density at radius 1 is 1.04 bits per heavy atom. The zero-order valence-electron chi connectivity index (χ0n) is 15.6. The molecule has 0 spiro atoms. The molecule has 1 atom stereocenters. The minimum atomic E-state index is -3.93. The zero-order chi connectivity index (χ0) is 20.1. The summed E-state index contributed by atoms with van der Waals surface area (Å²) in [5, 5.41) is 9.79. The number of sulfonamides is 1. The van der Waals surface area contributed by atoms with Gasteiger partial charge in [0.25, 0.3) is 10.0 Å². The van der Waals surface area contributed by atoms with Crippen LogP contribution in [0.3, 0.4) is 0 Å². The lowest BCUT2D eigenvalue weighted by Crippen LogP contribution is -2.37. The molecule has 0 radical (unpaired) electrons. The Labute approximate surface area is 163 Å². The fraction of sp³-hybridized carbons (Fsp3) is 0.182. The number of benzene rings is 3. The van der Waals surface area contributed by atoms with E-state index in [1.54, 1.807) is 25.1 Å². The third-order valence-corrected chi connectivity index (χ3v) is 7.02. The molecule has 4 nitrogen and oxygen atoms in total. The quantitative estimate of drug-likeness (QED) is 0.664. The molecule has 1 N–H and O–H groups in total. The highest BCUT2D eigenvalue weighted by molar-refractivity contribution is 7.92. The van der Waals surface area contributed by atoms with E-state index in [1.807, 2.05) is 19.1 Å². The molecule has 0 bridgehead atoms. The first-order chi connectivity index (χ1) is 13.3. The molecule has 0 fully saturated rings. The van der Waals surface area contributed by atoms with Crippen LogP contribution in [0, 0.1) is 12.7 Å². The molecule has 1 aliphatic heterocycles. The van der Waals surface area contributed by atoms with Gasteiger partial charge >= 0.3 is 0 Å². The van der Waals surface area contributed by atoms with Gasteiger partial charge in [0.05, 0.1) is 16.6 Å². The van der Waals surface area contributed by atoms with Gasteiger partial charge in [-0.25, -0.2) is 12.8 Å². The largest absolute Gasteiger partial charge is 0.508 e. The smallest absolute Gasteiger partial charge is 0.264 e. The highest BCUT2D eigenvalue weighted by atomic mass is 32.2. The number of aryl methyl sites for hydroxylation is 1.